The highest BCUT2D eigenvalue weighted by molar-refractivity contribution is 5.91. The molecular weight excluding hydrogens is 772 g/mol. The molecule has 5 fully saturated rings. The summed E-state index contributed by atoms with van der Waals surface area (Å²) in [6.45, 7) is 10.4. The normalized spacial score (nSPS) is 49.3. The van der Waals surface area contributed by atoms with E-state index in [2.05, 4.69) is 19.9 Å². The lowest BCUT2D eigenvalue weighted by atomic mass is 9.32. The van der Waals surface area contributed by atoms with Gasteiger partial charge in [0.25, 0.3) is 0 Å². The van der Waals surface area contributed by atoms with Gasteiger partial charge in [-0.15, -0.1) is 0 Å². The summed E-state index contributed by atoms with van der Waals surface area (Å²) in [6.07, 6.45) is -7.62. The SMILES string of the molecule is C[C@@H]1CC[C@]2(C(=O)O[C@@H]3O[C@H](CO)[C@@H](O)[C@H](O)[C@H]3O)CC[C@]3(C)C(=CC[C@@H]4[C@@]5(C)C[C@@H](O)[C@H](O)[C@@](C)(COC(=O)c6cc(O)c(O)c(O)c6)[C@@H]5[C@H](O)C[C@]43C)[C@@H]2[C@]1(C)O. The van der Waals surface area contributed by atoms with E-state index in [-0.39, 0.29) is 36.7 Å². The van der Waals surface area contributed by atoms with Gasteiger partial charge in [0.1, 0.15) is 24.4 Å². The highest BCUT2D eigenvalue weighted by atomic mass is 16.7. The minimum absolute atomic E-state index is 0.117. The van der Waals surface area contributed by atoms with Crippen LogP contribution in [0.4, 0.5) is 0 Å². The number of aliphatic hydroxyl groups is 8. The first-order valence-corrected chi connectivity index (χ1v) is 20.8. The van der Waals surface area contributed by atoms with E-state index < -0.39 is 136 Å². The number of allylic oxidation sites excluding steroid dienone is 1. The standard InChI is InChI=1S/C43H62O16/c1-19-9-10-43(37(55)59-36-31(52)30(51)29(50)26(17-44)58-36)12-11-40(4)21(32(43)42(19,6)56)7-8-27-38(2)15-25(48)34(53)39(3,33(38)24(47)16-41(27,40)5)18-57-35(54)20-13-22(45)28(49)23(46)14-20/h7,13-14,19,24-27,29-34,36,44-53,56H,8-12,15-18H2,1-6H3/t19-,24-,25-,26-,27-,29-,30+,31-,32-,33-,34+,36+,38-,39+,40-,41-,42-,43+/m1/s1. The highest BCUT2D eigenvalue weighted by Crippen LogP contribution is 2.76. The molecule has 16 nitrogen and oxygen atoms in total. The topological polar surface area (TPSA) is 284 Å². The Bertz CT molecular complexity index is 1840. The number of esters is 2. The summed E-state index contributed by atoms with van der Waals surface area (Å²) in [5.41, 5.74) is -5.81. The third kappa shape index (κ3) is 6.17. The van der Waals surface area contributed by atoms with Crippen molar-refractivity contribution in [1.82, 2.24) is 0 Å². The van der Waals surface area contributed by atoms with Crippen molar-refractivity contribution in [2.45, 2.75) is 141 Å². The molecule has 16 heteroatoms. The zero-order valence-electron chi connectivity index (χ0n) is 34.5. The molecule has 6 aliphatic rings. The Kier molecular flexibility index (Phi) is 10.8. The molecule has 1 aromatic rings. The van der Waals surface area contributed by atoms with Gasteiger partial charge in [0.05, 0.1) is 48.1 Å². The van der Waals surface area contributed by atoms with Crippen LogP contribution in [0.2, 0.25) is 0 Å². The largest absolute Gasteiger partial charge is 0.504 e. The van der Waals surface area contributed by atoms with Crippen LogP contribution < -0.4 is 0 Å². The maximum absolute atomic E-state index is 14.6. The first-order chi connectivity index (χ1) is 27.4. The fourth-order valence-corrected chi connectivity index (χ4v) is 13.6. The molecule has 5 aliphatic carbocycles. The van der Waals surface area contributed by atoms with Crippen LogP contribution in [0.3, 0.4) is 0 Å². The van der Waals surface area contributed by atoms with E-state index in [1.807, 2.05) is 13.8 Å². The number of carbonyl (C=O) groups excluding carboxylic acids is 2. The van der Waals surface area contributed by atoms with Crippen molar-refractivity contribution in [2.75, 3.05) is 13.2 Å². The van der Waals surface area contributed by atoms with Gasteiger partial charge >= 0.3 is 11.9 Å². The Morgan fingerprint density at radius 2 is 1.51 bits per heavy atom. The number of hydrogen-bond donors (Lipinski definition) is 11. The van der Waals surface area contributed by atoms with Gasteiger partial charge in [-0.2, -0.15) is 0 Å². The van der Waals surface area contributed by atoms with Crippen molar-refractivity contribution in [3.05, 3.63) is 29.3 Å². The van der Waals surface area contributed by atoms with Crippen molar-refractivity contribution in [1.29, 1.82) is 0 Å². The number of rotatable bonds is 6. The Morgan fingerprint density at radius 3 is 2.14 bits per heavy atom. The first-order valence-electron chi connectivity index (χ1n) is 20.8. The number of fused-ring (bicyclic) bond motifs is 7. The van der Waals surface area contributed by atoms with Crippen molar-refractivity contribution < 1.29 is 80.0 Å². The molecule has 1 aliphatic heterocycles. The Labute approximate surface area is 343 Å². The van der Waals surface area contributed by atoms with Gasteiger partial charge in [-0.3, -0.25) is 4.79 Å². The third-order valence-electron chi connectivity index (χ3n) is 17.0. The van der Waals surface area contributed by atoms with Crippen LogP contribution >= 0.6 is 0 Å². The minimum Gasteiger partial charge on any atom is -0.504 e. The molecule has 0 amide bonds. The van der Waals surface area contributed by atoms with E-state index in [1.165, 1.54) is 0 Å². The lowest BCUT2D eigenvalue weighted by molar-refractivity contribution is -0.300. The Morgan fingerprint density at radius 1 is 0.864 bits per heavy atom. The zero-order valence-corrected chi connectivity index (χ0v) is 34.5. The molecule has 330 valence electrons. The van der Waals surface area contributed by atoms with Crippen LogP contribution in [-0.4, -0.2) is 136 Å². The number of hydrogen-bond acceptors (Lipinski definition) is 16. The second-order valence-electron chi connectivity index (χ2n) is 20.0. The summed E-state index contributed by atoms with van der Waals surface area (Å²) in [4.78, 5) is 27.9. The molecule has 18 atom stereocenters. The number of phenolic OH excluding ortho intramolecular Hbond substituents is 3. The van der Waals surface area contributed by atoms with Gasteiger partial charge in [-0.1, -0.05) is 46.3 Å². The van der Waals surface area contributed by atoms with Gasteiger partial charge < -0.3 is 70.4 Å². The van der Waals surface area contributed by atoms with Gasteiger partial charge in [0.2, 0.25) is 6.29 Å². The maximum Gasteiger partial charge on any atom is 0.338 e. The number of carbonyl (C=O) groups is 2. The van der Waals surface area contributed by atoms with E-state index in [1.54, 1.807) is 13.8 Å². The lowest BCUT2D eigenvalue weighted by Crippen LogP contribution is -2.72. The molecule has 0 radical (unpaired) electrons. The van der Waals surface area contributed by atoms with Crippen LogP contribution in [0.1, 0.15) is 96.8 Å². The third-order valence-corrected chi connectivity index (χ3v) is 17.0. The van der Waals surface area contributed by atoms with Crippen LogP contribution in [0.25, 0.3) is 0 Å². The van der Waals surface area contributed by atoms with Crippen LogP contribution in [-0.2, 0) is 19.0 Å². The van der Waals surface area contributed by atoms with Crippen LogP contribution in [0, 0.1) is 50.7 Å². The van der Waals surface area contributed by atoms with E-state index in [0.717, 1.165) is 17.7 Å². The fourth-order valence-electron chi connectivity index (χ4n) is 13.6. The molecule has 0 spiro atoms. The van der Waals surface area contributed by atoms with E-state index >= 15 is 0 Å². The summed E-state index contributed by atoms with van der Waals surface area (Å²) < 4.78 is 17.1. The molecule has 1 heterocycles. The number of phenols is 3. The second-order valence-corrected chi connectivity index (χ2v) is 20.0. The highest BCUT2D eigenvalue weighted by Gasteiger charge is 2.74. The predicted octanol–water partition coefficient (Wildman–Crippen LogP) is 1.36. The summed E-state index contributed by atoms with van der Waals surface area (Å²) in [5, 5.41) is 119. The number of aliphatic hydroxyl groups excluding tert-OH is 7. The Hall–Kier alpha value is -3.06. The number of ether oxygens (including phenoxy) is 3. The molecule has 1 aromatic carbocycles. The van der Waals surface area contributed by atoms with Crippen LogP contribution in [0.5, 0.6) is 17.2 Å². The summed E-state index contributed by atoms with van der Waals surface area (Å²) >= 11 is 0. The number of aromatic hydroxyl groups is 3. The number of benzene rings is 1. The molecule has 59 heavy (non-hydrogen) atoms. The first kappa shape index (κ1) is 44.0. The average Bonchev–Trinajstić information content (AvgIpc) is 3.16. The minimum atomic E-state index is -1.80. The lowest BCUT2D eigenvalue weighted by Gasteiger charge is -2.73. The van der Waals surface area contributed by atoms with E-state index in [0.29, 0.717) is 25.7 Å². The summed E-state index contributed by atoms with van der Waals surface area (Å²) in [6, 6.07) is 1.86. The second kappa shape index (κ2) is 14.5. The molecule has 0 aromatic heterocycles. The monoisotopic (exact) mass is 834 g/mol. The van der Waals surface area contributed by atoms with Gasteiger partial charge in [0.15, 0.2) is 17.2 Å². The van der Waals surface area contributed by atoms with Crippen LogP contribution in [0.15, 0.2) is 23.8 Å². The predicted molar refractivity (Wildman–Crippen MR) is 205 cm³/mol. The summed E-state index contributed by atoms with van der Waals surface area (Å²) in [5.74, 6) is -5.94. The molecular formula is C43H62O16. The molecule has 0 unspecified atom stereocenters. The smallest absolute Gasteiger partial charge is 0.338 e. The average molecular weight is 835 g/mol. The van der Waals surface area contributed by atoms with Crippen molar-refractivity contribution >= 4 is 11.9 Å². The van der Waals surface area contributed by atoms with Gasteiger partial charge in [-0.05, 0) is 92.1 Å². The van der Waals surface area contributed by atoms with Gasteiger partial charge in [-0.25, -0.2) is 4.79 Å². The Balaban J connectivity index is 1.24. The van der Waals surface area contributed by atoms with Crippen molar-refractivity contribution in [2.24, 2.45) is 50.7 Å². The van der Waals surface area contributed by atoms with Crippen molar-refractivity contribution in [3.8, 4) is 17.2 Å². The fraction of sp³-hybridized carbons (Fsp3) is 0.767. The molecule has 7 rings (SSSR count). The summed E-state index contributed by atoms with van der Waals surface area (Å²) in [7, 11) is 0. The van der Waals surface area contributed by atoms with Crippen molar-refractivity contribution in [3.63, 3.8) is 0 Å². The maximum atomic E-state index is 14.6. The molecule has 11 N–H and O–H groups in total. The molecule has 0 bridgehead atoms. The molecule has 1 saturated heterocycles. The van der Waals surface area contributed by atoms with E-state index in [9.17, 15) is 65.8 Å². The van der Waals surface area contributed by atoms with Gasteiger partial charge in [0, 0.05) is 17.3 Å². The molecule has 4 saturated carbocycles. The van der Waals surface area contributed by atoms with E-state index in [4.69, 9.17) is 14.2 Å². The zero-order chi connectivity index (χ0) is 43.6. The quantitative estimate of drug-likeness (QED) is 0.110.